The number of nitrogens with one attached hydrogen (secondary N) is 1. The number of H-pyrrole nitrogens is 1. The molecular formula is C22H24N4O2S2. The summed E-state index contributed by atoms with van der Waals surface area (Å²) in [5.41, 5.74) is 3.11. The summed E-state index contributed by atoms with van der Waals surface area (Å²) in [5, 5.41) is 9.32. The number of aryl methyl sites for hydroxylation is 2. The molecule has 8 heteroatoms. The molecule has 0 aliphatic heterocycles. The van der Waals surface area contributed by atoms with Gasteiger partial charge in [0.2, 0.25) is 5.89 Å². The van der Waals surface area contributed by atoms with Crippen molar-refractivity contribution in [2.45, 2.75) is 57.4 Å². The molecule has 0 aliphatic rings. The van der Waals surface area contributed by atoms with Crippen molar-refractivity contribution in [1.29, 1.82) is 0 Å². The second-order valence-corrected chi connectivity index (χ2v) is 10.9. The van der Waals surface area contributed by atoms with Crippen LogP contribution in [0.25, 0.3) is 21.7 Å². The van der Waals surface area contributed by atoms with Gasteiger partial charge in [0.05, 0.1) is 10.6 Å². The van der Waals surface area contributed by atoms with Crippen LogP contribution in [0.5, 0.6) is 0 Å². The molecule has 0 spiro atoms. The minimum Gasteiger partial charge on any atom is -0.411 e. The summed E-state index contributed by atoms with van der Waals surface area (Å²) in [4.78, 5) is 22.0. The zero-order valence-corrected chi connectivity index (χ0v) is 19.5. The van der Waals surface area contributed by atoms with Crippen molar-refractivity contribution >= 4 is 33.3 Å². The second kappa shape index (κ2) is 7.67. The highest BCUT2D eigenvalue weighted by Crippen LogP contribution is 2.35. The van der Waals surface area contributed by atoms with E-state index in [1.54, 1.807) is 11.3 Å². The predicted molar refractivity (Wildman–Crippen MR) is 122 cm³/mol. The van der Waals surface area contributed by atoms with E-state index < -0.39 is 0 Å². The maximum absolute atomic E-state index is 12.5. The van der Waals surface area contributed by atoms with Gasteiger partial charge in [-0.05, 0) is 49.4 Å². The molecule has 3 aromatic heterocycles. The van der Waals surface area contributed by atoms with Crippen molar-refractivity contribution in [3.8, 4) is 11.5 Å². The number of hydrogen-bond donors (Lipinski definition) is 1. The first-order valence-corrected chi connectivity index (χ1v) is 11.4. The van der Waals surface area contributed by atoms with E-state index in [0.717, 1.165) is 20.8 Å². The number of aromatic amines is 1. The fourth-order valence-corrected chi connectivity index (χ4v) is 4.94. The molecule has 156 valence electrons. The van der Waals surface area contributed by atoms with E-state index in [-0.39, 0.29) is 16.2 Å². The Hall–Kier alpha value is -2.45. The molecule has 1 aromatic carbocycles. The van der Waals surface area contributed by atoms with Gasteiger partial charge in [-0.3, -0.25) is 4.79 Å². The highest BCUT2D eigenvalue weighted by atomic mass is 32.2. The summed E-state index contributed by atoms with van der Waals surface area (Å²) in [5.74, 6) is 1.08. The minimum absolute atomic E-state index is 0.0917. The maximum Gasteiger partial charge on any atom is 0.277 e. The Balaban J connectivity index is 1.55. The summed E-state index contributed by atoms with van der Waals surface area (Å²) < 4.78 is 5.85. The maximum atomic E-state index is 12.5. The van der Waals surface area contributed by atoms with Crippen LogP contribution in [-0.2, 0) is 5.41 Å². The molecule has 0 aliphatic carbocycles. The number of rotatable bonds is 4. The van der Waals surface area contributed by atoms with Crippen LogP contribution in [0.3, 0.4) is 0 Å². The summed E-state index contributed by atoms with van der Waals surface area (Å²) in [6.45, 7) is 12.5. The average Bonchev–Trinajstić information content (AvgIpc) is 3.26. The second-order valence-electron chi connectivity index (χ2n) is 8.38. The molecule has 0 amide bonds. The Kier molecular flexibility index (Phi) is 5.32. The van der Waals surface area contributed by atoms with E-state index in [4.69, 9.17) is 4.42 Å². The summed E-state index contributed by atoms with van der Waals surface area (Å²) in [6.07, 6.45) is 0. The molecule has 1 N–H and O–H groups in total. The Morgan fingerprint density at radius 1 is 1.13 bits per heavy atom. The van der Waals surface area contributed by atoms with Gasteiger partial charge in [-0.25, -0.2) is 4.98 Å². The average molecular weight is 441 g/mol. The molecule has 30 heavy (non-hydrogen) atoms. The van der Waals surface area contributed by atoms with Gasteiger partial charge in [0.25, 0.3) is 10.8 Å². The third-order valence-corrected chi connectivity index (χ3v) is 7.17. The van der Waals surface area contributed by atoms with Crippen LogP contribution < -0.4 is 5.56 Å². The highest BCUT2D eigenvalue weighted by molar-refractivity contribution is 7.99. The van der Waals surface area contributed by atoms with Gasteiger partial charge in [0.1, 0.15) is 10.7 Å². The number of thiophene rings is 1. The fraction of sp³-hybridized carbons (Fsp3) is 0.364. The molecule has 1 atom stereocenters. The SMILES string of the molecule is Cc1sc2nc(C(C)Sc3nnc(-c4ccc(C(C)(C)C)cc4)o3)[nH]c(=O)c2c1C. The van der Waals surface area contributed by atoms with E-state index in [1.165, 1.54) is 17.3 Å². The molecule has 6 nitrogen and oxygen atoms in total. The van der Waals surface area contributed by atoms with Gasteiger partial charge in [-0.2, -0.15) is 0 Å². The predicted octanol–water partition coefficient (Wildman–Crippen LogP) is 5.80. The standard InChI is InChI=1S/C22H24N4O2S2/c1-11-12(2)29-20-16(11)18(27)23-17(24-20)13(3)30-21-26-25-19(28-21)14-7-9-15(10-8-14)22(4,5)6/h7-10,13H,1-6H3,(H,23,24,27). The summed E-state index contributed by atoms with van der Waals surface area (Å²) in [7, 11) is 0. The van der Waals surface area contributed by atoms with Gasteiger partial charge in [-0.15, -0.1) is 21.5 Å². The van der Waals surface area contributed by atoms with Crippen LogP contribution in [0.1, 0.15) is 54.8 Å². The molecule has 0 saturated heterocycles. The number of thioether (sulfide) groups is 1. The van der Waals surface area contributed by atoms with E-state index in [1.807, 2.05) is 32.9 Å². The third kappa shape index (κ3) is 3.94. The normalized spacial score (nSPS) is 13.1. The number of fused-ring (bicyclic) bond motifs is 1. The van der Waals surface area contributed by atoms with E-state index in [0.29, 0.717) is 22.3 Å². The number of hydrogen-bond acceptors (Lipinski definition) is 7. The van der Waals surface area contributed by atoms with Gasteiger partial charge in [0.15, 0.2) is 0 Å². The van der Waals surface area contributed by atoms with Crippen LogP contribution in [-0.4, -0.2) is 20.2 Å². The van der Waals surface area contributed by atoms with Crippen molar-refractivity contribution in [2.24, 2.45) is 0 Å². The zero-order chi connectivity index (χ0) is 21.6. The number of benzene rings is 1. The first-order chi connectivity index (χ1) is 14.1. The third-order valence-electron chi connectivity index (χ3n) is 5.12. The highest BCUT2D eigenvalue weighted by Gasteiger charge is 2.19. The van der Waals surface area contributed by atoms with Crippen molar-refractivity contribution in [2.75, 3.05) is 0 Å². The van der Waals surface area contributed by atoms with Crippen LogP contribution in [0.2, 0.25) is 0 Å². The lowest BCUT2D eigenvalue weighted by molar-refractivity contribution is 0.464. The van der Waals surface area contributed by atoms with Gasteiger partial charge < -0.3 is 9.40 Å². The quantitative estimate of drug-likeness (QED) is 0.404. The fourth-order valence-electron chi connectivity index (χ4n) is 3.16. The Morgan fingerprint density at radius 3 is 2.50 bits per heavy atom. The first kappa shape index (κ1) is 20.8. The monoisotopic (exact) mass is 440 g/mol. The molecule has 0 radical (unpaired) electrons. The van der Waals surface area contributed by atoms with Gasteiger partial charge in [-0.1, -0.05) is 44.7 Å². The minimum atomic E-state index is -0.138. The van der Waals surface area contributed by atoms with Crippen LogP contribution >= 0.6 is 23.1 Å². The molecule has 0 saturated carbocycles. The van der Waals surface area contributed by atoms with Gasteiger partial charge in [0, 0.05) is 10.4 Å². The van der Waals surface area contributed by atoms with Crippen LogP contribution in [0.4, 0.5) is 0 Å². The molecule has 4 aromatic rings. The smallest absolute Gasteiger partial charge is 0.277 e. The number of aromatic nitrogens is 4. The largest absolute Gasteiger partial charge is 0.411 e. The zero-order valence-electron chi connectivity index (χ0n) is 17.9. The summed E-state index contributed by atoms with van der Waals surface area (Å²) in [6, 6.07) is 8.18. The lowest BCUT2D eigenvalue weighted by Gasteiger charge is -2.18. The van der Waals surface area contributed by atoms with E-state index in [2.05, 4.69) is 53.1 Å². The van der Waals surface area contributed by atoms with E-state index >= 15 is 0 Å². The Morgan fingerprint density at radius 2 is 1.83 bits per heavy atom. The van der Waals surface area contributed by atoms with Crippen molar-refractivity contribution in [3.05, 3.63) is 56.4 Å². The topological polar surface area (TPSA) is 84.7 Å². The molecular weight excluding hydrogens is 416 g/mol. The van der Waals surface area contributed by atoms with Crippen molar-refractivity contribution in [3.63, 3.8) is 0 Å². The van der Waals surface area contributed by atoms with Crippen LogP contribution in [0, 0.1) is 13.8 Å². The molecule has 1 unspecified atom stereocenters. The lowest BCUT2D eigenvalue weighted by Crippen LogP contribution is -2.12. The molecule has 0 bridgehead atoms. The van der Waals surface area contributed by atoms with E-state index in [9.17, 15) is 4.79 Å². The molecule has 4 rings (SSSR count). The number of nitrogens with zero attached hydrogens (tertiary/aromatic N) is 3. The Bertz CT molecular complexity index is 1260. The van der Waals surface area contributed by atoms with Crippen molar-refractivity contribution in [1.82, 2.24) is 20.2 Å². The van der Waals surface area contributed by atoms with Gasteiger partial charge >= 0.3 is 0 Å². The lowest BCUT2D eigenvalue weighted by atomic mass is 9.87. The summed E-state index contributed by atoms with van der Waals surface area (Å²) >= 11 is 2.92. The molecule has 3 heterocycles. The van der Waals surface area contributed by atoms with Crippen molar-refractivity contribution < 1.29 is 4.42 Å². The molecule has 0 fully saturated rings. The van der Waals surface area contributed by atoms with Crippen LogP contribution in [0.15, 0.2) is 38.7 Å². The first-order valence-electron chi connectivity index (χ1n) is 9.74. The Labute approximate surface area is 183 Å².